The zero-order chi connectivity index (χ0) is 15.2. The van der Waals surface area contributed by atoms with Crippen LogP contribution in [0.5, 0.6) is 0 Å². The summed E-state index contributed by atoms with van der Waals surface area (Å²) in [6, 6.07) is 14.5. The zero-order valence-corrected chi connectivity index (χ0v) is 11.5. The molecule has 0 aliphatic heterocycles. The minimum atomic E-state index is -0.431. The van der Waals surface area contributed by atoms with E-state index >= 15 is 0 Å². The van der Waals surface area contributed by atoms with Crippen molar-refractivity contribution in [3.63, 3.8) is 0 Å². The minimum absolute atomic E-state index is 0.129. The number of hydrogen-bond donors (Lipinski definition) is 1. The Morgan fingerprint density at radius 2 is 1.81 bits per heavy atom. The molecule has 2 aromatic carbocycles. The molecule has 0 saturated carbocycles. The first-order valence-corrected chi connectivity index (χ1v) is 6.45. The summed E-state index contributed by atoms with van der Waals surface area (Å²) in [6.07, 6.45) is 0. The number of amides is 2. The van der Waals surface area contributed by atoms with Gasteiger partial charge in [0.15, 0.2) is 0 Å². The predicted octanol–water partition coefficient (Wildman–Crippen LogP) is 2.82. The third kappa shape index (κ3) is 4.14. The molecule has 2 rings (SSSR count). The number of rotatable bonds is 4. The van der Waals surface area contributed by atoms with Crippen molar-refractivity contribution in [1.29, 1.82) is 0 Å². The topological polar surface area (TPSA) is 49.4 Å². The second kappa shape index (κ2) is 6.65. The van der Waals surface area contributed by atoms with Gasteiger partial charge in [-0.15, -0.1) is 0 Å². The number of carbonyl (C=O) groups is 2. The van der Waals surface area contributed by atoms with Crippen molar-refractivity contribution in [2.75, 3.05) is 16.8 Å². The summed E-state index contributed by atoms with van der Waals surface area (Å²) in [5.41, 5.74) is 0.996. The van der Waals surface area contributed by atoms with Crippen LogP contribution in [0.4, 0.5) is 15.8 Å². The normalized spacial score (nSPS) is 10.0. The molecule has 0 radical (unpaired) electrons. The molecule has 5 heteroatoms. The maximum absolute atomic E-state index is 13.1. The lowest BCUT2D eigenvalue weighted by Crippen LogP contribution is -2.36. The molecule has 0 aliphatic rings. The van der Waals surface area contributed by atoms with Crippen LogP contribution in [-0.2, 0) is 9.59 Å². The SMILES string of the molecule is CC(=O)N(CC(=O)Nc1cccc(F)c1)c1ccccc1. The summed E-state index contributed by atoms with van der Waals surface area (Å²) in [4.78, 5) is 25.0. The number of benzene rings is 2. The van der Waals surface area contributed by atoms with Gasteiger partial charge in [-0.1, -0.05) is 24.3 Å². The highest BCUT2D eigenvalue weighted by Crippen LogP contribution is 2.14. The summed E-state index contributed by atoms with van der Waals surface area (Å²) < 4.78 is 13.1. The molecule has 2 amide bonds. The fourth-order valence-corrected chi connectivity index (χ4v) is 1.90. The zero-order valence-electron chi connectivity index (χ0n) is 11.5. The number of hydrogen-bond acceptors (Lipinski definition) is 2. The summed E-state index contributed by atoms with van der Waals surface area (Å²) in [5, 5.41) is 2.57. The number of halogens is 1. The Bertz CT molecular complexity index is 644. The van der Waals surface area contributed by atoms with E-state index in [-0.39, 0.29) is 18.4 Å². The Hall–Kier alpha value is -2.69. The molecule has 1 N–H and O–H groups in total. The molecule has 2 aromatic rings. The molecule has 108 valence electrons. The monoisotopic (exact) mass is 286 g/mol. The molecule has 0 heterocycles. The number of nitrogens with one attached hydrogen (secondary N) is 1. The lowest BCUT2D eigenvalue weighted by atomic mass is 10.2. The molecule has 21 heavy (non-hydrogen) atoms. The molecule has 0 bridgehead atoms. The highest BCUT2D eigenvalue weighted by atomic mass is 19.1. The first-order valence-electron chi connectivity index (χ1n) is 6.45. The minimum Gasteiger partial charge on any atom is -0.324 e. The van der Waals surface area contributed by atoms with Gasteiger partial charge < -0.3 is 10.2 Å². The van der Waals surface area contributed by atoms with Gasteiger partial charge in [-0.05, 0) is 30.3 Å². The van der Waals surface area contributed by atoms with Crippen LogP contribution >= 0.6 is 0 Å². The summed E-state index contributed by atoms with van der Waals surface area (Å²) >= 11 is 0. The molecule has 0 aromatic heterocycles. The number of anilines is 2. The summed E-state index contributed by atoms with van der Waals surface area (Å²) in [7, 11) is 0. The third-order valence-electron chi connectivity index (χ3n) is 2.86. The largest absolute Gasteiger partial charge is 0.324 e. The molecule has 0 unspecified atom stereocenters. The maximum atomic E-state index is 13.1. The number of nitrogens with zero attached hydrogens (tertiary/aromatic N) is 1. The van der Waals surface area contributed by atoms with Gasteiger partial charge in [0.2, 0.25) is 11.8 Å². The van der Waals surface area contributed by atoms with Crippen LogP contribution in [0, 0.1) is 5.82 Å². The first kappa shape index (κ1) is 14.7. The summed E-state index contributed by atoms with van der Waals surface area (Å²) in [6.45, 7) is 1.26. The quantitative estimate of drug-likeness (QED) is 0.939. The van der Waals surface area contributed by atoms with Crippen LogP contribution in [0.1, 0.15) is 6.92 Å². The van der Waals surface area contributed by atoms with E-state index in [0.29, 0.717) is 11.4 Å². The molecular weight excluding hydrogens is 271 g/mol. The van der Waals surface area contributed by atoms with E-state index in [1.54, 1.807) is 30.3 Å². The average molecular weight is 286 g/mol. The van der Waals surface area contributed by atoms with Crippen LogP contribution in [0.15, 0.2) is 54.6 Å². The van der Waals surface area contributed by atoms with Gasteiger partial charge in [-0.3, -0.25) is 9.59 Å². The smallest absolute Gasteiger partial charge is 0.244 e. The van der Waals surface area contributed by atoms with Gasteiger partial charge in [0.1, 0.15) is 12.4 Å². The van der Waals surface area contributed by atoms with Crippen molar-refractivity contribution < 1.29 is 14.0 Å². The van der Waals surface area contributed by atoms with Crippen LogP contribution in [0.3, 0.4) is 0 Å². The van der Waals surface area contributed by atoms with Crippen molar-refractivity contribution in [2.24, 2.45) is 0 Å². The molecule has 0 atom stereocenters. The van der Waals surface area contributed by atoms with Crippen LogP contribution in [0.2, 0.25) is 0 Å². The fraction of sp³-hybridized carbons (Fsp3) is 0.125. The van der Waals surface area contributed by atoms with Gasteiger partial charge in [-0.2, -0.15) is 0 Å². The van der Waals surface area contributed by atoms with Gasteiger partial charge in [0.25, 0.3) is 0 Å². The Kier molecular flexibility index (Phi) is 4.66. The first-order chi connectivity index (χ1) is 10.1. The van der Waals surface area contributed by atoms with E-state index in [2.05, 4.69) is 5.32 Å². The summed E-state index contributed by atoms with van der Waals surface area (Å²) in [5.74, 6) is -1.06. The molecule has 0 saturated heterocycles. The molecular formula is C16H15FN2O2. The van der Waals surface area contributed by atoms with E-state index in [1.807, 2.05) is 6.07 Å². The molecule has 0 fully saturated rings. The molecule has 0 spiro atoms. The number of carbonyl (C=O) groups excluding carboxylic acids is 2. The van der Waals surface area contributed by atoms with Crippen molar-refractivity contribution in [3.8, 4) is 0 Å². The van der Waals surface area contributed by atoms with Crippen LogP contribution in [0.25, 0.3) is 0 Å². The van der Waals surface area contributed by atoms with Crippen LogP contribution < -0.4 is 10.2 Å². The lowest BCUT2D eigenvalue weighted by molar-refractivity contribution is -0.120. The van der Waals surface area contributed by atoms with Gasteiger partial charge >= 0.3 is 0 Å². The standard InChI is InChI=1S/C16H15FN2O2/c1-12(20)19(15-8-3-2-4-9-15)11-16(21)18-14-7-5-6-13(17)10-14/h2-10H,11H2,1H3,(H,18,21). The maximum Gasteiger partial charge on any atom is 0.244 e. The Morgan fingerprint density at radius 3 is 2.43 bits per heavy atom. The fourth-order valence-electron chi connectivity index (χ4n) is 1.90. The Balaban J connectivity index is 2.07. The van der Waals surface area contributed by atoms with Crippen molar-refractivity contribution in [1.82, 2.24) is 0 Å². The van der Waals surface area contributed by atoms with E-state index in [0.717, 1.165) is 0 Å². The highest BCUT2D eigenvalue weighted by molar-refractivity contribution is 6.01. The second-order valence-electron chi connectivity index (χ2n) is 4.50. The van der Waals surface area contributed by atoms with Crippen molar-refractivity contribution in [3.05, 3.63) is 60.4 Å². The molecule has 0 aliphatic carbocycles. The van der Waals surface area contributed by atoms with Crippen molar-refractivity contribution >= 4 is 23.2 Å². The van der Waals surface area contributed by atoms with E-state index in [9.17, 15) is 14.0 Å². The van der Waals surface area contributed by atoms with Crippen LogP contribution in [-0.4, -0.2) is 18.4 Å². The third-order valence-corrected chi connectivity index (χ3v) is 2.86. The van der Waals surface area contributed by atoms with Crippen molar-refractivity contribution in [2.45, 2.75) is 6.92 Å². The Morgan fingerprint density at radius 1 is 1.10 bits per heavy atom. The van der Waals surface area contributed by atoms with E-state index < -0.39 is 5.82 Å². The van der Waals surface area contributed by atoms with E-state index in [4.69, 9.17) is 0 Å². The van der Waals surface area contributed by atoms with Gasteiger partial charge in [-0.25, -0.2) is 4.39 Å². The average Bonchev–Trinajstić information content (AvgIpc) is 2.45. The lowest BCUT2D eigenvalue weighted by Gasteiger charge is -2.20. The highest BCUT2D eigenvalue weighted by Gasteiger charge is 2.15. The Labute approximate surface area is 122 Å². The molecule has 4 nitrogen and oxygen atoms in total. The van der Waals surface area contributed by atoms with Gasteiger partial charge in [0, 0.05) is 18.3 Å². The number of para-hydroxylation sites is 1. The van der Waals surface area contributed by atoms with Gasteiger partial charge in [0.05, 0.1) is 0 Å². The second-order valence-corrected chi connectivity index (χ2v) is 4.50. The predicted molar refractivity (Wildman–Crippen MR) is 79.5 cm³/mol. The van der Waals surface area contributed by atoms with E-state index in [1.165, 1.54) is 30.0 Å².